The number of nitrogens with one attached hydrogen (secondary N) is 1. The van der Waals surface area contributed by atoms with Gasteiger partial charge in [0.2, 0.25) is 0 Å². The molecule has 0 aromatic heterocycles. The fourth-order valence-electron chi connectivity index (χ4n) is 2.38. The number of rotatable bonds is 2. The van der Waals surface area contributed by atoms with Gasteiger partial charge in [-0.25, -0.2) is 8.78 Å². The Morgan fingerprint density at radius 2 is 2.11 bits per heavy atom. The topological polar surface area (TPSA) is 55.1 Å². The molecule has 3 N–H and O–H groups in total. The van der Waals surface area contributed by atoms with Crippen LogP contribution >= 0.6 is 0 Å². The first kappa shape index (κ1) is 12.8. The molecular formula is C13H16F2N2O. The lowest BCUT2D eigenvalue weighted by Crippen LogP contribution is -2.37. The van der Waals surface area contributed by atoms with Crippen molar-refractivity contribution in [2.75, 3.05) is 5.73 Å². The molecule has 1 aliphatic carbocycles. The molecule has 3 nitrogen and oxygen atoms in total. The Morgan fingerprint density at radius 1 is 1.39 bits per heavy atom. The van der Waals surface area contributed by atoms with Crippen molar-refractivity contribution >= 4 is 11.6 Å². The van der Waals surface area contributed by atoms with Crippen LogP contribution in [0.2, 0.25) is 0 Å². The third-order valence-electron chi connectivity index (χ3n) is 3.49. The minimum atomic E-state index is -0.862. The van der Waals surface area contributed by atoms with Crippen molar-refractivity contribution in [2.45, 2.75) is 32.2 Å². The summed E-state index contributed by atoms with van der Waals surface area (Å²) in [4.78, 5) is 11.9. The third-order valence-corrected chi connectivity index (χ3v) is 3.49. The van der Waals surface area contributed by atoms with Gasteiger partial charge in [0.1, 0.15) is 5.82 Å². The van der Waals surface area contributed by atoms with Gasteiger partial charge in [0.05, 0.1) is 11.3 Å². The minimum Gasteiger partial charge on any atom is -0.396 e. The first-order valence-electron chi connectivity index (χ1n) is 6.04. The SMILES string of the molecule is CC1CCCC1NC(=O)c1cc(F)cc(N)c1F. The lowest BCUT2D eigenvalue weighted by Gasteiger charge is -2.17. The highest BCUT2D eigenvalue weighted by atomic mass is 19.1. The molecule has 1 saturated carbocycles. The Bertz CT molecular complexity index is 476. The first-order valence-corrected chi connectivity index (χ1v) is 6.04. The minimum absolute atomic E-state index is 0.0291. The van der Waals surface area contributed by atoms with Crippen LogP contribution in [0.25, 0.3) is 0 Å². The Kier molecular flexibility index (Phi) is 3.50. The van der Waals surface area contributed by atoms with Crippen LogP contribution < -0.4 is 11.1 Å². The summed E-state index contributed by atoms with van der Waals surface area (Å²) in [6.07, 6.45) is 2.96. The predicted octanol–water partition coefficient (Wildman–Crippen LogP) is 2.47. The van der Waals surface area contributed by atoms with Gasteiger partial charge in [-0.15, -0.1) is 0 Å². The lowest BCUT2D eigenvalue weighted by atomic mass is 10.1. The summed E-state index contributed by atoms with van der Waals surface area (Å²) in [6, 6.07) is 1.77. The molecule has 1 aliphatic rings. The van der Waals surface area contributed by atoms with E-state index in [0.29, 0.717) is 5.92 Å². The predicted molar refractivity (Wildman–Crippen MR) is 65.0 cm³/mol. The highest BCUT2D eigenvalue weighted by Gasteiger charge is 2.26. The molecule has 1 fully saturated rings. The summed E-state index contributed by atoms with van der Waals surface area (Å²) in [6.45, 7) is 2.04. The van der Waals surface area contributed by atoms with Crippen LogP contribution in [0.5, 0.6) is 0 Å². The van der Waals surface area contributed by atoms with Crippen molar-refractivity contribution < 1.29 is 13.6 Å². The van der Waals surface area contributed by atoms with E-state index in [1.54, 1.807) is 0 Å². The van der Waals surface area contributed by atoms with Crippen LogP contribution in [-0.2, 0) is 0 Å². The molecular weight excluding hydrogens is 238 g/mol. The lowest BCUT2D eigenvalue weighted by molar-refractivity contribution is 0.0925. The second kappa shape index (κ2) is 4.92. The molecule has 0 heterocycles. The van der Waals surface area contributed by atoms with Crippen LogP contribution in [-0.4, -0.2) is 11.9 Å². The Hall–Kier alpha value is -1.65. The van der Waals surface area contributed by atoms with Gasteiger partial charge in [0, 0.05) is 6.04 Å². The molecule has 1 aromatic carbocycles. The number of nitrogens with two attached hydrogens (primary N) is 1. The van der Waals surface area contributed by atoms with Crippen molar-refractivity contribution in [3.8, 4) is 0 Å². The maximum atomic E-state index is 13.7. The molecule has 0 radical (unpaired) electrons. The van der Waals surface area contributed by atoms with Gasteiger partial charge >= 0.3 is 0 Å². The first-order chi connectivity index (χ1) is 8.49. The summed E-state index contributed by atoms with van der Waals surface area (Å²) in [5.41, 5.74) is 4.62. The monoisotopic (exact) mass is 254 g/mol. The van der Waals surface area contributed by atoms with Crippen LogP contribution in [0.1, 0.15) is 36.5 Å². The fourth-order valence-corrected chi connectivity index (χ4v) is 2.38. The highest BCUT2D eigenvalue weighted by molar-refractivity contribution is 5.95. The number of carbonyl (C=O) groups excluding carboxylic acids is 1. The molecule has 2 rings (SSSR count). The zero-order chi connectivity index (χ0) is 13.3. The van der Waals surface area contributed by atoms with Gasteiger partial charge in [0.25, 0.3) is 5.91 Å². The zero-order valence-corrected chi connectivity index (χ0v) is 10.2. The van der Waals surface area contributed by atoms with Crippen molar-refractivity contribution in [3.05, 3.63) is 29.3 Å². The molecule has 0 bridgehead atoms. The molecule has 18 heavy (non-hydrogen) atoms. The molecule has 2 atom stereocenters. The van der Waals surface area contributed by atoms with E-state index in [1.165, 1.54) is 0 Å². The zero-order valence-electron chi connectivity index (χ0n) is 10.2. The van der Waals surface area contributed by atoms with Crippen LogP contribution in [0.3, 0.4) is 0 Å². The van der Waals surface area contributed by atoms with Gasteiger partial charge in [-0.05, 0) is 30.9 Å². The smallest absolute Gasteiger partial charge is 0.254 e. The summed E-state index contributed by atoms with van der Waals surface area (Å²) in [5, 5.41) is 2.74. The van der Waals surface area contributed by atoms with E-state index in [9.17, 15) is 13.6 Å². The Labute approximate surface area is 104 Å². The van der Waals surface area contributed by atoms with Crippen molar-refractivity contribution in [2.24, 2.45) is 5.92 Å². The van der Waals surface area contributed by atoms with E-state index < -0.39 is 17.5 Å². The quantitative estimate of drug-likeness (QED) is 0.796. The van der Waals surface area contributed by atoms with Crippen molar-refractivity contribution in [3.63, 3.8) is 0 Å². The maximum Gasteiger partial charge on any atom is 0.254 e. The highest BCUT2D eigenvalue weighted by Crippen LogP contribution is 2.25. The van der Waals surface area contributed by atoms with Gasteiger partial charge in [0.15, 0.2) is 5.82 Å². The third kappa shape index (κ3) is 2.44. The maximum absolute atomic E-state index is 13.7. The molecule has 0 spiro atoms. The number of halogens is 2. The van der Waals surface area contributed by atoms with Crippen LogP contribution in [0.4, 0.5) is 14.5 Å². The summed E-state index contributed by atoms with van der Waals surface area (Å²) in [7, 11) is 0. The number of hydrogen-bond acceptors (Lipinski definition) is 2. The average Bonchev–Trinajstić information content (AvgIpc) is 2.69. The standard InChI is InChI=1S/C13H16F2N2O/c1-7-3-2-4-11(7)17-13(18)9-5-8(14)6-10(16)12(9)15/h5-7,11H,2-4,16H2,1H3,(H,17,18). The van der Waals surface area contributed by atoms with Crippen molar-refractivity contribution in [1.82, 2.24) is 5.32 Å². The van der Waals surface area contributed by atoms with Gasteiger partial charge in [-0.1, -0.05) is 13.3 Å². The molecule has 0 aliphatic heterocycles. The largest absolute Gasteiger partial charge is 0.396 e. The second-order valence-corrected chi connectivity index (χ2v) is 4.84. The van der Waals surface area contributed by atoms with E-state index in [4.69, 9.17) is 5.73 Å². The fraction of sp³-hybridized carbons (Fsp3) is 0.462. The summed E-state index contributed by atoms with van der Waals surface area (Å²) < 4.78 is 26.8. The van der Waals surface area contributed by atoms with E-state index in [1.807, 2.05) is 6.92 Å². The number of hydrogen-bond donors (Lipinski definition) is 2. The molecule has 1 amide bonds. The van der Waals surface area contributed by atoms with Gasteiger partial charge in [-0.3, -0.25) is 4.79 Å². The number of amides is 1. The van der Waals surface area contributed by atoms with Crippen LogP contribution in [0.15, 0.2) is 12.1 Å². The number of carbonyl (C=O) groups is 1. The molecule has 98 valence electrons. The number of nitrogen functional groups attached to an aromatic ring is 1. The van der Waals surface area contributed by atoms with Gasteiger partial charge in [-0.2, -0.15) is 0 Å². The summed E-state index contributed by atoms with van der Waals surface area (Å²) in [5.74, 6) is -1.81. The molecule has 5 heteroatoms. The Balaban J connectivity index is 2.18. The number of anilines is 1. The summed E-state index contributed by atoms with van der Waals surface area (Å²) >= 11 is 0. The van der Waals surface area contributed by atoms with E-state index in [0.717, 1.165) is 31.4 Å². The molecule has 0 saturated heterocycles. The van der Waals surface area contributed by atoms with E-state index in [-0.39, 0.29) is 17.3 Å². The average molecular weight is 254 g/mol. The van der Waals surface area contributed by atoms with Gasteiger partial charge < -0.3 is 11.1 Å². The second-order valence-electron chi connectivity index (χ2n) is 4.84. The van der Waals surface area contributed by atoms with E-state index >= 15 is 0 Å². The normalized spacial score (nSPS) is 23.1. The van der Waals surface area contributed by atoms with Crippen LogP contribution in [0, 0.1) is 17.6 Å². The molecule has 2 unspecified atom stereocenters. The van der Waals surface area contributed by atoms with Crippen molar-refractivity contribution in [1.29, 1.82) is 0 Å². The number of benzene rings is 1. The Morgan fingerprint density at radius 3 is 2.72 bits per heavy atom. The molecule has 1 aromatic rings. The van der Waals surface area contributed by atoms with E-state index in [2.05, 4.69) is 5.32 Å².